The van der Waals surface area contributed by atoms with Gasteiger partial charge < -0.3 is 14.8 Å². The Kier molecular flexibility index (Phi) is 7.06. The number of carbonyl (C=O) groups excluding carboxylic acids is 1. The highest BCUT2D eigenvalue weighted by Gasteiger charge is 2.26. The molecule has 4 rings (SSSR count). The van der Waals surface area contributed by atoms with E-state index in [9.17, 15) is 4.79 Å². The van der Waals surface area contributed by atoms with Crippen LogP contribution in [0.15, 0.2) is 53.7 Å². The van der Waals surface area contributed by atoms with Gasteiger partial charge in [-0.15, -0.1) is 5.10 Å². The number of nitrogens with one attached hydrogen (secondary N) is 1. The third-order valence-corrected chi connectivity index (χ3v) is 6.40. The number of rotatable bonds is 8. The lowest BCUT2D eigenvalue weighted by molar-refractivity contribution is -0.115. The van der Waals surface area contributed by atoms with Crippen LogP contribution in [0.5, 0.6) is 5.75 Å². The van der Waals surface area contributed by atoms with Crippen molar-refractivity contribution in [3.63, 3.8) is 0 Å². The SMILES string of the molecule is COc1ccc(NC(=O)[C@H](Sc2nnnn2C[C@@H]2CCCO2)c2ccccc2)cc1Cl. The Balaban J connectivity index is 1.55. The van der Waals surface area contributed by atoms with E-state index in [1.807, 2.05) is 30.3 Å². The van der Waals surface area contributed by atoms with E-state index in [2.05, 4.69) is 20.8 Å². The summed E-state index contributed by atoms with van der Waals surface area (Å²) in [6, 6.07) is 14.6. The number of amides is 1. The molecule has 8 nitrogen and oxygen atoms in total. The largest absolute Gasteiger partial charge is 0.495 e. The first kappa shape index (κ1) is 21.6. The van der Waals surface area contributed by atoms with Gasteiger partial charge in [-0.3, -0.25) is 4.79 Å². The Bertz CT molecular complexity index is 1030. The van der Waals surface area contributed by atoms with E-state index in [-0.39, 0.29) is 12.0 Å². The van der Waals surface area contributed by atoms with Crippen LogP contribution in [-0.4, -0.2) is 45.9 Å². The molecule has 0 aliphatic carbocycles. The van der Waals surface area contributed by atoms with E-state index in [1.165, 1.54) is 11.8 Å². The molecule has 1 aliphatic rings. The second kappa shape index (κ2) is 10.1. The van der Waals surface area contributed by atoms with Crippen molar-refractivity contribution < 1.29 is 14.3 Å². The molecule has 1 amide bonds. The lowest BCUT2D eigenvalue weighted by Gasteiger charge is -2.17. The van der Waals surface area contributed by atoms with Gasteiger partial charge in [0.1, 0.15) is 11.0 Å². The van der Waals surface area contributed by atoms with Crippen molar-refractivity contribution >= 4 is 35.0 Å². The molecule has 1 aromatic heterocycles. The van der Waals surface area contributed by atoms with Crippen molar-refractivity contribution in [1.29, 1.82) is 0 Å². The predicted octanol–water partition coefficient (Wildman–Crippen LogP) is 3.99. The minimum absolute atomic E-state index is 0.0910. The molecular weight excluding hydrogens is 438 g/mol. The quantitative estimate of drug-likeness (QED) is 0.509. The number of halogens is 1. The molecule has 3 aromatic rings. The Hall–Kier alpha value is -2.62. The number of thioether (sulfide) groups is 1. The number of anilines is 1. The van der Waals surface area contributed by atoms with Crippen LogP contribution < -0.4 is 10.1 Å². The van der Waals surface area contributed by atoms with E-state index in [0.717, 1.165) is 25.0 Å². The van der Waals surface area contributed by atoms with Crippen molar-refractivity contribution in [3.05, 3.63) is 59.1 Å². The zero-order chi connectivity index (χ0) is 21.6. The fourth-order valence-electron chi connectivity index (χ4n) is 3.33. The highest BCUT2D eigenvalue weighted by Crippen LogP contribution is 2.36. The lowest BCUT2D eigenvalue weighted by atomic mass is 10.1. The topological polar surface area (TPSA) is 91.2 Å². The van der Waals surface area contributed by atoms with Crippen molar-refractivity contribution in [1.82, 2.24) is 20.2 Å². The van der Waals surface area contributed by atoms with Gasteiger partial charge in [-0.2, -0.15) is 0 Å². The van der Waals surface area contributed by atoms with Gasteiger partial charge in [-0.05, 0) is 47.0 Å². The fraction of sp³-hybridized carbons (Fsp3) is 0.333. The number of hydrogen-bond donors (Lipinski definition) is 1. The molecule has 31 heavy (non-hydrogen) atoms. The van der Waals surface area contributed by atoms with Gasteiger partial charge in [0.15, 0.2) is 0 Å². The first-order chi connectivity index (χ1) is 15.1. The number of carbonyl (C=O) groups is 1. The predicted molar refractivity (Wildman–Crippen MR) is 118 cm³/mol. The number of hydrogen-bond acceptors (Lipinski definition) is 7. The molecule has 0 unspecified atom stereocenters. The van der Waals surface area contributed by atoms with Gasteiger partial charge in [0, 0.05) is 12.3 Å². The van der Waals surface area contributed by atoms with Gasteiger partial charge in [0.2, 0.25) is 11.1 Å². The summed E-state index contributed by atoms with van der Waals surface area (Å²) in [4.78, 5) is 13.3. The molecule has 2 aromatic carbocycles. The standard InChI is InChI=1S/C21H22ClN5O3S/c1-29-18-10-9-15(12-17(18)22)23-20(28)19(14-6-3-2-4-7-14)31-21-24-25-26-27(21)13-16-8-5-11-30-16/h2-4,6-7,9-10,12,16,19H,5,8,11,13H2,1H3,(H,23,28)/t16-,19+/m0/s1. The van der Waals surface area contributed by atoms with Crippen LogP contribution in [-0.2, 0) is 16.1 Å². The van der Waals surface area contributed by atoms with Gasteiger partial charge in [0.05, 0.1) is 24.8 Å². The minimum Gasteiger partial charge on any atom is -0.495 e. The second-order valence-corrected chi connectivity index (χ2v) is 8.51. The van der Waals surface area contributed by atoms with Crippen LogP contribution in [0.2, 0.25) is 5.02 Å². The highest BCUT2D eigenvalue weighted by atomic mass is 35.5. The Morgan fingerprint density at radius 1 is 1.35 bits per heavy atom. The van der Waals surface area contributed by atoms with Gasteiger partial charge in [0.25, 0.3) is 0 Å². The number of methoxy groups -OCH3 is 1. The molecule has 1 fully saturated rings. The van der Waals surface area contributed by atoms with E-state index in [0.29, 0.717) is 28.2 Å². The molecule has 1 N–H and O–H groups in total. The second-order valence-electron chi connectivity index (χ2n) is 7.03. The van der Waals surface area contributed by atoms with Crippen molar-refractivity contribution in [2.45, 2.75) is 35.9 Å². The summed E-state index contributed by atoms with van der Waals surface area (Å²) < 4.78 is 12.6. The first-order valence-electron chi connectivity index (χ1n) is 9.88. The average Bonchev–Trinajstić information content (AvgIpc) is 3.45. The van der Waals surface area contributed by atoms with Gasteiger partial charge in [-0.25, -0.2) is 4.68 Å². The fourth-order valence-corrected chi connectivity index (χ4v) is 4.58. The minimum atomic E-state index is -0.559. The summed E-state index contributed by atoms with van der Waals surface area (Å²) >= 11 is 7.50. The molecule has 10 heteroatoms. The summed E-state index contributed by atoms with van der Waals surface area (Å²) in [5, 5.41) is 15.4. The molecule has 0 spiro atoms. The molecule has 0 bridgehead atoms. The molecule has 2 atom stereocenters. The van der Waals surface area contributed by atoms with Crippen LogP contribution >= 0.6 is 23.4 Å². The summed E-state index contributed by atoms with van der Waals surface area (Å²) in [6.45, 7) is 1.32. The molecule has 162 valence electrons. The molecule has 0 saturated carbocycles. The first-order valence-corrected chi connectivity index (χ1v) is 11.1. The smallest absolute Gasteiger partial charge is 0.242 e. The molecule has 1 aliphatic heterocycles. The van der Waals surface area contributed by atoms with E-state index in [4.69, 9.17) is 21.1 Å². The number of tetrazole rings is 1. The molecule has 1 saturated heterocycles. The Labute approximate surface area is 189 Å². The zero-order valence-electron chi connectivity index (χ0n) is 16.9. The van der Waals surface area contributed by atoms with E-state index < -0.39 is 5.25 Å². The number of aromatic nitrogens is 4. The molecule has 2 heterocycles. The summed E-state index contributed by atoms with van der Waals surface area (Å²) in [6.07, 6.45) is 2.10. The van der Waals surface area contributed by atoms with Crippen LogP contribution in [0.3, 0.4) is 0 Å². The van der Waals surface area contributed by atoms with Crippen LogP contribution in [0.4, 0.5) is 5.69 Å². The molecular formula is C21H22ClN5O3S. The maximum atomic E-state index is 13.3. The van der Waals surface area contributed by atoms with E-state index in [1.54, 1.807) is 30.0 Å². The van der Waals surface area contributed by atoms with Gasteiger partial charge in [-0.1, -0.05) is 53.7 Å². The average molecular weight is 460 g/mol. The van der Waals surface area contributed by atoms with Crippen LogP contribution in [0.1, 0.15) is 23.7 Å². The van der Waals surface area contributed by atoms with Crippen LogP contribution in [0, 0.1) is 0 Å². The van der Waals surface area contributed by atoms with Crippen LogP contribution in [0.25, 0.3) is 0 Å². The zero-order valence-corrected chi connectivity index (χ0v) is 18.5. The van der Waals surface area contributed by atoms with Crippen molar-refractivity contribution in [3.8, 4) is 5.75 Å². The lowest BCUT2D eigenvalue weighted by Crippen LogP contribution is -2.21. The Morgan fingerprint density at radius 2 is 2.19 bits per heavy atom. The van der Waals surface area contributed by atoms with Crippen molar-refractivity contribution in [2.24, 2.45) is 0 Å². The summed E-state index contributed by atoms with van der Waals surface area (Å²) in [5.41, 5.74) is 1.42. The highest BCUT2D eigenvalue weighted by molar-refractivity contribution is 8.00. The summed E-state index contributed by atoms with van der Waals surface area (Å²) in [5.74, 6) is 0.339. The Morgan fingerprint density at radius 3 is 2.90 bits per heavy atom. The monoisotopic (exact) mass is 459 g/mol. The third-order valence-electron chi connectivity index (χ3n) is 4.88. The van der Waals surface area contributed by atoms with Gasteiger partial charge >= 0.3 is 0 Å². The number of nitrogens with zero attached hydrogens (tertiary/aromatic N) is 4. The molecule has 0 radical (unpaired) electrons. The number of ether oxygens (including phenoxy) is 2. The maximum absolute atomic E-state index is 13.3. The van der Waals surface area contributed by atoms with E-state index >= 15 is 0 Å². The van der Waals surface area contributed by atoms with Crippen molar-refractivity contribution in [2.75, 3.05) is 19.0 Å². The summed E-state index contributed by atoms with van der Waals surface area (Å²) in [7, 11) is 1.54. The number of benzene rings is 2. The third kappa shape index (κ3) is 5.36. The maximum Gasteiger partial charge on any atom is 0.242 e. The normalized spacial score (nSPS) is 16.8.